The van der Waals surface area contributed by atoms with E-state index >= 15 is 0 Å². The molecule has 3 saturated heterocycles. The average molecular weight is 334 g/mol. The van der Waals surface area contributed by atoms with E-state index in [1.54, 1.807) is 28.0 Å². The van der Waals surface area contributed by atoms with Crippen LogP contribution in [0.4, 0.5) is 10.5 Å². The zero-order valence-corrected chi connectivity index (χ0v) is 13.2. The highest BCUT2D eigenvalue weighted by atomic mass is 35.5. The van der Waals surface area contributed by atoms with Gasteiger partial charge in [-0.2, -0.15) is 0 Å². The molecule has 0 unspecified atom stereocenters. The molecule has 3 aliphatic rings. The molecule has 0 aromatic heterocycles. The molecule has 3 aliphatic heterocycles. The first kappa shape index (κ1) is 14.5. The molecule has 0 aliphatic carbocycles. The minimum absolute atomic E-state index is 0.230. The highest BCUT2D eigenvalue weighted by molar-refractivity contribution is 6.34. The first-order chi connectivity index (χ1) is 11.1. The number of fused-ring (bicyclic) bond motifs is 1. The molecular weight excluding hydrogens is 318 g/mol. The number of para-hydroxylation sites is 1. The Bertz CT molecular complexity index is 686. The first-order valence-corrected chi connectivity index (χ1v) is 8.17. The summed E-state index contributed by atoms with van der Waals surface area (Å²) in [5.74, 6) is -0.465. The van der Waals surface area contributed by atoms with Gasteiger partial charge >= 0.3 is 6.03 Å². The van der Waals surface area contributed by atoms with Gasteiger partial charge in [0.1, 0.15) is 12.1 Å². The molecule has 6 nitrogen and oxygen atoms in total. The molecule has 3 heterocycles. The largest absolute Gasteiger partial charge is 0.328 e. The Morgan fingerprint density at radius 3 is 2.48 bits per heavy atom. The normalized spacial score (nSPS) is 27.3. The maximum atomic E-state index is 12.8. The summed E-state index contributed by atoms with van der Waals surface area (Å²) in [7, 11) is 0. The molecule has 120 valence electrons. The number of nitrogens with zero attached hydrogens (tertiary/aromatic N) is 3. The standard InChI is InChI=1S/C16H16ClN3O3/c17-10-4-1-2-5-11(10)18-9-7-13(14(18)21)20-15(22)12-6-3-8-19(12)16(20)23/h1-2,4-5,12-13H,3,6-9H2/t12-,13+/m1/s1. The van der Waals surface area contributed by atoms with Gasteiger partial charge in [0, 0.05) is 13.1 Å². The fourth-order valence-corrected chi connectivity index (χ4v) is 3.98. The minimum atomic E-state index is -0.711. The molecule has 0 bridgehead atoms. The lowest BCUT2D eigenvalue weighted by Crippen LogP contribution is -2.46. The summed E-state index contributed by atoms with van der Waals surface area (Å²) in [6.07, 6.45) is 1.98. The van der Waals surface area contributed by atoms with E-state index in [0.29, 0.717) is 36.6 Å². The molecule has 2 atom stereocenters. The number of benzene rings is 1. The Morgan fingerprint density at radius 1 is 0.957 bits per heavy atom. The number of urea groups is 1. The van der Waals surface area contributed by atoms with E-state index in [9.17, 15) is 14.4 Å². The van der Waals surface area contributed by atoms with E-state index in [1.807, 2.05) is 6.07 Å². The van der Waals surface area contributed by atoms with Crippen molar-refractivity contribution in [1.29, 1.82) is 0 Å². The molecule has 4 amide bonds. The predicted octanol–water partition coefficient (Wildman–Crippen LogP) is 1.87. The zero-order chi connectivity index (χ0) is 16.1. The summed E-state index contributed by atoms with van der Waals surface area (Å²) >= 11 is 6.16. The maximum absolute atomic E-state index is 12.8. The summed E-state index contributed by atoms with van der Waals surface area (Å²) in [4.78, 5) is 42.1. The first-order valence-electron chi connectivity index (χ1n) is 7.79. The fraction of sp³-hybridized carbons (Fsp3) is 0.438. The third-order valence-corrected chi connectivity index (χ3v) is 5.18. The fourth-order valence-electron chi connectivity index (χ4n) is 3.75. The summed E-state index contributed by atoms with van der Waals surface area (Å²) < 4.78 is 0. The van der Waals surface area contributed by atoms with Crippen LogP contribution >= 0.6 is 11.6 Å². The van der Waals surface area contributed by atoms with Crippen LogP contribution in [0.5, 0.6) is 0 Å². The van der Waals surface area contributed by atoms with Crippen molar-refractivity contribution in [3.8, 4) is 0 Å². The Hall–Kier alpha value is -2.08. The number of imide groups is 1. The van der Waals surface area contributed by atoms with E-state index < -0.39 is 6.04 Å². The van der Waals surface area contributed by atoms with Crippen LogP contribution < -0.4 is 4.90 Å². The highest BCUT2D eigenvalue weighted by Crippen LogP contribution is 2.34. The quantitative estimate of drug-likeness (QED) is 0.776. The maximum Gasteiger partial charge on any atom is 0.328 e. The topological polar surface area (TPSA) is 60.9 Å². The summed E-state index contributed by atoms with van der Waals surface area (Å²) in [5, 5.41) is 0.487. The number of amides is 4. The van der Waals surface area contributed by atoms with E-state index in [4.69, 9.17) is 11.6 Å². The van der Waals surface area contributed by atoms with Gasteiger partial charge in [0.25, 0.3) is 5.91 Å². The third kappa shape index (κ3) is 2.05. The average Bonchev–Trinajstić information content (AvgIpc) is 3.20. The minimum Gasteiger partial charge on any atom is -0.312 e. The van der Waals surface area contributed by atoms with Crippen LogP contribution in [0.1, 0.15) is 19.3 Å². The molecule has 0 radical (unpaired) electrons. The Labute approximate surface area is 138 Å². The molecule has 23 heavy (non-hydrogen) atoms. The van der Waals surface area contributed by atoms with Crippen molar-refractivity contribution in [1.82, 2.24) is 9.80 Å². The molecule has 1 aromatic carbocycles. The molecule has 0 spiro atoms. The number of hydrogen-bond acceptors (Lipinski definition) is 3. The Balaban J connectivity index is 1.60. The van der Waals surface area contributed by atoms with Gasteiger partial charge < -0.3 is 9.80 Å². The molecular formula is C16H16ClN3O3. The van der Waals surface area contributed by atoms with Crippen molar-refractivity contribution >= 4 is 35.1 Å². The van der Waals surface area contributed by atoms with Crippen molar-refractivity contribution in [2.24, 2.45) is 0 Å². The van der Waals surface area contributed by atoms with Gasteiger partial charge in [-0.1, -0.05) is 23.7 Å². The summed E-state index contributed by atoms with van der Waals surface area (Å²) in [6, 6.07) is 5.70. The summed E-state index contributed by atoms with van der Waals surface area (Å²) in [5.41, 5.74) is 0.626. The number of hydrogen-bond donors (Lipinski definition) is 0. The Kier molecular flexibility index (Phi) is 3.30. The Morgan fingerprint density at radius 2 is 1.74 bits per heavy atom. The van der Waals surface area contributed by atoms with Gasteiger partial charge in [-0.3, -0.25) is 9.59 Å². The van der Waals surface area contributed by atoms with Gasteiger partial charge in [-0.15, -0.1) is 0 Å². The van der Waals surface area contributed by atoms with Crippen molar-refractivity contribution in [3.05, 3.63) is 29.3 Å². The monoisotopic (exact) mass is 333 g/mol. The predicted molar refractivity (Wildman–Crippen MR) is 84.2 cm³/mol. The van der Waals surface area contributed by atoms with E-state index in [0.717, 1.165) is 6.42 Å². The molecule has 1 aromatic rings. The number of carbonyl (C=O) groups is 3. The van der Waals surface area contributed by atoms with Crippen molar-refractivity contribution in [3.63, 3.8) is 0 Å². The van der Waals surface area contributed by atoms with Crippen LogP contribution in [-0.4, -0.2) is 52.8 Å². The molecule has 0 N–H and O–H groups in total. The van der Waals surface area contributed by atoms with Crippen LogP contribution in [0, 0.1) is 0 Å². The third-order valence-electron chi connectivity index (χ3n) is 4.86. The summed E-state index contributed by atoms with van der Waals surface area (Å²) in [6.45, 7) is 1.05. The highest BCUT2D eigenvalue weighted by Gasteiger charge is 2.53. The molecule has 4 rings (SSSR count). The smallest absolute Gasteiger partial charge is 0.312 e. The van der Waals surface area contributed by atoms with Gasteiger partial charge in [0.05, 0.1) is 10.7 Å². The van der Waals surface area contributed by atoms with Gasteiger partial charge in [0.15, 0.2) is 0 Å². The second-order valence-corrected chi connectivity index (χ2v) is 6.50. The molecule has 0 saturated carbocycles. The van der Waals surface area contributed by atoms with Crippen molar-refractivity contribution < 1.29 is 14.4 Å². The van der Waals surface area contributed by atoms with Gasteiger partial charge in [0.2, 0.25) is 5.91 Å². The molecule has 7 heteroatoms. The second-order valence-electron chi connectivity index (χ2n) is 6.09. The lowest BCUT2D eigenvalue weighted by Gasteiger charge is -2.22. The lowest BCUT2D eigenvalue weighted by molar-refractivity contribution is -0.133. The van der Waals surface area contributed by atoms with E-state index in [2.05, 4.69) is 0 Å². The van der Waals surface area contributed by atoms with Crippen LogP contribution in [0.2, 0.25) is 5.02 Å². The van der Waals surface area contributed by atoms with Crippen LogP contribution in [0.3, 0.4) is 0 Å². The van der Waals surface area contributed by atoms with Crippen LogP contribution in [-0.2, 0) is 9.59 Å². The van der Waals surface area contributed by atoms with Gasteiger partial charge in [-0.25, -0.2) is 9.69 Å². The van der Waals surface area contributed by atoms with Crippen molar-refractivity contribution in [2.45, 2.75) is 31.3 Å². The number of rotatable bonds is 2. The van der Waals surface area contributed by atoms with E-state index in [-0.39, 0.29) is 23.9 Å². The lowest BCUT2D eigenvalue weighted by atomic mass is 10.1. The number of anilines is 1. The van der Waals surface area contributed by atoms with Crippen LogP contribution in [0.15, 0.2) is 24.3 Å². The van der Waals surface area contributed by atoms with Crippen molar-refractivity contribution in [2.75, 3.05) is 18.0 Å². The second kappa shape index (κ2) is 5.23. The van der Waals surface area contributed by atoms with E-state index in [1.165, 1.54) is 4.90 Å². The van der Waals surface area contributed by atoms with Crippen LogP contribution in [0.25, 0.3) is 0 Å². The SMILES string of the molecule is O=C1[C@@H](N2C(=O)[C@H]3CCCN3C2=O)CCN1c1ccccc1Cl. The number of carbonyl (C=O) groups excluding carboxylic acids is 3. The van der Waals surface area contributed by atoms with Gasteiger partial charge in [-0.05, 0) is 31.4 Å². The zero-order valence-electron chi connectivity index (χ0n) is 12.4. The number of halogens is 1. The molecule has 3 fully saturated rings.